The van der Waals surface area contributed by atoms with E-state index in [4.69, 9.17) is 18.9 Å². The van der Waals surface area contributed by atoms with Crippen molar-refractivity contribution in [1.82, 2.24) is 0 Å². The zero-order valence-electron chi connectivity index (χ0n) is 20.7. The van der Waals surface area contributed by atoms with Gasteiger partial charge in [0.25, 0.3) is 0 Å². The van der Waals surface area contributed by atoms with Gasteiger partial charge in [0.1, 0.15) is 11.5 Å². The molecule has 184 valence electrons. The van der Waals surface area contributed by atoms with Crippen LogP contribution < -0.4 is 9.47 Å². The lowest BCUT2D eigenvalue weighted by atomic mass is 9.99. The molecule has 2 atom stereocenters. The number of ether oxygens (including phenoxy) is 4. The van der Waals surface area contributed by atoms with Gasteiger partial charge in [-0.1, -0.05) is 42.5 Å². The van der Waals surface area contributed by atoms with Crippen molar-refractivity contribution >= 4 is 0 Å². The van der Waals surface area contributed by atoms with Crippen molar-refractivity contribution in [2.75, 3.05) is 26.4 Å². The zero-order chi connectivity index (χ0) is 23.9. The van der Waals surface area contributed by atoms with Crippen LogP contribution in [0.4, 0.5) is 0 Å². The van der Waals surface area contributed by atoms with Crippen LogP contribution in [0.1, 0.15) is 44.1 Å². The molecule has 35 heavy (non-hydrogen) atoms. The van der Waals surface area contributed by atoms with Crippen LogP contribution in [-0.4, -0.2) is 38.6 Å². The second kappa shape index (κ2) is 11.7. The van der Waals surface area contributed by atoms with Gasteiger partial charge in [0.15, 0.2) is 0 Å². The quantitative estimate of drug-likeness (QED) is 0.183. The van der Waals surface area contributed by atoms with Crippen LogP contribution in [0.3, 0.4) is 0 Å². The van der Waals surface area contributed by atoms with E-state index in [-0.39, 0.29) is 0 Å². The molecule has 2 unspecified atom stereocenters. The van der Waals surface area contributed by atoms with Crippen molar-refractivity contribution in [3.05, 3.63) is 72.3 Å². The van der Waals surface area contributed by atoms with Gasteiger partial charge in [-0.3, -0.25) is 0 Å². The van der Waals surface area contributed by atoms with Crippen molar-refractivity contribution in [2.45, 2.75) is 57.7 Å². The van der Waals surface area contributed by atoms with E-state index >= 15 is 0 Å². The fourth-order valence-electron chi connectivity index (χ4n) is 4.38. The molecular weight excluding hydrogens is 436 g/mol. The van der Waals surface area contributed by atoms with Crippen molar-refractivity contribution in [3.8, 4) is 33.8 Å². The maximum atomic E-state index is 6.01. The number of hydrogen-bond acceptors (Lipinski definition) is 4. The largest absolute Gasteiger partial charge is 0.494 e. The number of benzene rings is 3. The Hall–Kier alpha value is -2.82. The van der Waals surface area contributed by atoms with Crippen LogP contribution >= 0.6 is 0 Å². The molecule has 3 aromatic carbocycles. The van der Waals surface area contributed by atoms with Gasteiger partial charge >= 0.3 is 0 Å². The van der Waals surface area contributed by atoms with Crippen LogP contribution in [0.15, 0.2) is 66.7 Å². The fraction of sp³-hybridized carbons (Fsp3) is 0.419. The average Bonchev–Trinajstić information content (AvgIpc) is 3.81. The van der Waals surface area contributed by atoms with Crippen molar-refractivity contribution in [2.24, 2.45) is 0 Å². The Morgan fingerprint density at radius 3 is 1.66 bits per heavy atom. The summed E-state index contributed by atoms with van der Waals surface area (Å²) in [4.78, 5) is 0. The summed E-state index contributed by atoms with van der Waals surface area (Å²) in [7, 11) is 0. The first-order valence-electron chi connectivity index (χ1n) is 13.0. The van der Waals surface area contributed by atoms with Crippen LogP contribution in [0, 0.1) is 6.92 Å². The highest BCUT2D eigenvalue weighted by Gasteiger charge is 2.21. The summed E-state index contributed by atoms with van der Waals surface area (Å²) < 4.78 is 22.4. The lowest BCUT2D eigenvalue weighted by Gasteiger charge is -2.11. The second-order valence-electron chi connectivity index (χ2n) is 9.68. The molecule has 0 aliphatic carbocycles. The standard InChI is InChI=1S/C31H36O4/c1-23-20-27(14-17-31(23)33-19-5-3-7-30-22-35-30)26-10-8-24(9-11-26)25-12-15-28(16-13-25)32-18-4-2-6-29-21-34-29/h8-17,20,29-30H,2-7,18-19,21-22H2,1H3. The highest BCUT2D eigenvalue weighted by atomic mass is 16.6. The normalized spacial score (nSPS) is 18.3. The molecule has 2 aliphatic rings. The van der Waals surface area contributed by atoms with Crippen molar-refractivity contribution in [3.63, 3.8) is 0 Å². The maximum absolute atomic E-state index is 6.01. The summed E-state index contributed by atoms with van der Waals surface area (Å²) in [5, 5.41) is 0. The fourth-order valence-corrected chi connectivity index (χ4v) is 4.38. The van der Waals surface area contributed by atoms with Crippen LogP contribution in [0.5, 0.6) is 11.5 Å². The first-order chi connectivity index (χ1) is 17.2. The first-order valence-corrected chi connectivity index (χ1v) is 13.0. The van der Waals surface area contributed by atoms with Crippen molar-refractivity contribution in [1.29, 1.82) is 0 Å². The lowest BCUT2D eigenvalue weighted by molar-refractivity contribution is 0.298. The highest BCUT2D eigenvalue weighted by Crippen LogP contribution is 2.29. The van der Waals surface area contributed by atoms with E-state index in [1.807, 2.05) is 0 Å². The summed E-state index contributed by atoms with van der Waals surface area (Å²) in [5.74, 6) is 1.91. The number of epoxide rings is 2. The molecule has 0 saturated carbocycles. The maximum Gasteiger partial charge on any atom is 0.122 e. The topological polar surface area (TPSA) is 43.5 Å². The molecule has 3 aromatic rings. The van der Waals surface area contributed by atoms with Crippen LogP contribution in [0.2, 0.25) is 0 Å². The Morgan fingerprint density at radius 1 is 0.629 bits per heavy atom. The van der Waals surface area contributed by atoms with Crippen LogP contribution in [0.25, 0.3) is 22.3 Å². The summed E-state index contributed by atoms with van der Waals surface area (Å²) >= 11 is 0. The van der Waals surface area contributed by atoms with Gasteiger partial charge in [0.05, 0.1) is 38.6 Å². The molecule has 0 radical (unpaired) electrons. The second-order valence-corrected chi connectivity index (χ2v) is 9.68. The number of hydrogen-bond donors (Lipinski definition) is 0. The number of rotatable bonds is 14. The minimum absolute atomic E-state index is 0.517. The molecular formula is C31H36O4. The Balaban J connectivity index is 1.10. The van der Waals surface area contributed by atoms with E-state index in [9.17, 15) is 0 Å². The van der Waals surface area contributed by atoms with E-state index in [1.54, 1.807) is 0 Å². The van der Waals surface area contributed by atoms with Gasteiger partial charge in [-0.25, -0.2) is 0 Å². The molecule has 2 fully saturated rings. The molecule has 4 nitrogen and oxygen atoms in total. The van der Waals surface area contributed by atoms with Crippen molar-refractivity contribution < 1.29 is 18.9 Å². The molecule has 0 aromatic heterocycles. The minimum Gasteiger partial charge on any atom is -0.494 e. The van der Waals surface area contributed by atoms with E-state index in [0.29, 0.717) is 12.2 Å². The molecule has 0 spiro atoms. The van der Waals surface area contributed by atoms with E-state index in [0.717, 1.165) is 63.6 Å². The van der Waals surface area contributed by atoms with E-state index in [1.165, 1.54) is 40.7 Å². The van der Waals surface area contributed by atoms with Gasteiger partial charge in [-0.2, -0.15) is 0 Å². The van der Waals surface area contributed by atoms with E-state index < -0.39 is 0 Å². The monoisotopic (exact) mass is 472 g/mol. The third kappa shape index (κ3) is 7.33. The Morgan fingerprint density at radius 2 is 1.11 bits per heavy atom. The molecule has 2 saturated heterocycles. The lowest BCUT2D eigenvalue weighted by Crippen LogP contribution is -2.00. The average molecular weight is 473 g/mol. The summed E-state index contributed by atoms with van der Waals surface area (Å²) in [6.07, 6.45) is 7.84. The number of unbranched alkanes of at least 4 members (excludes halogenated alkanes) is 2. The Kier molecular flexibility index (Phi) is 8.02. The highest BCUT2D eigenvalue weighted by molar-refractivity contribution is 5.71. The zero-order valence-corrected chi connectivity index (χ0v) is 20.7. The molecule has 2 aliphatic heterocycles. The molecule has 0 amide bonds. The molecule has 4 heteroatoms. The predicted molar refractivity (Wildman–Crippen MR) is 140 cm³/mol. The molecule has 2 heterocycles. The minimum atomic E-state index is 0.517. The molecule has 0 N–H and O–H groups in total. The first kappa shape index (κ1) is 23.9. The van der Waals surface area contributed by atoms with Gasteiger partial charge in [-0.05, 0) is 97.5 Å². The Bertz CT molecular complexity index is 1070. The summed E-state index contributed by atoms with van der Waals surface area (Å²) in [5.41, 5.74) is 6.00. The third-order valence-corrected chi connectivity index (χ3v) is 6.75. The van der Waals surface area contributed by atoms with Gasteiger partial charge in [-0.15, -0.1) is 0 Å². The van der Waals surface area contributed by atoms with Gasteiger partial charge in [0.2, 0.25) is 0 Å². The summed E-state index contributed by atoms with van der Waals surface area (Å²) in [6.45, 7) is 5.54. The van der Waals surface area contributed by atoms with Gasteiger partial charge < -0.3 is 18.9 Å². The summed E-state index contributed by atoms with van der Waals surface area (Å²) in [6, 6.07) is 23.6. The van der Waals surface area contributed by atoms with Crippen LogP contribution in [-0.2, 0) is 9.47 Å². The smallest absolute Gasteiger partial charge is 0.122 e. The molecule has 0 bridgehead atoms. The number of aryl methyl sites for hydroxylation is 1. The SMILES string of the molecule is Cc1cc(-c2ccc(-c3ccc(OCCCCC4CO4)cc3)cc2)ccc1OCCCCC1CO1. The Labute approximate surface area is 209 Å². The van der Waals surface area contributed by atoms with E-state index in [2.05, 4.69) is 73.7 Å². The third-order valence-electron chi connectivity index (χ3n) is 6.75. The molecule has 5 rings (SSSR count). The van der Waals surface area contributed by atoms with Gasteiger partial charge in [0, 0.05) is 0 Å². The predicted octanol–water partition coefficient (Wildman–Crippen LogP) is 7.22.